The van der Waals surface area contributed by atoms with E-state index in [1.165, 1.54) is 11.3 Å². The lowest BCUT2D eigenvalue weighted by Crippen LogP contribution is -2.10. The molecule has 0 aliphatic heterocycles. The van der Waals surface area contributed by atoms with Crippen molar-refractivity contribution in [3.05, 3.63) is 69.4 Å². The molecule has 2 N–H and O–H groups in total. The number of amides is 1. The number of nitrogens with two attached hydrogens (primary N) is 1. The Kier molecular flexibility index (Phi) is 4.84. The highest BCUT2D eigenvalue weighted by Crippen LogP contribution is 2.37. The Balaban J connectivity index is 2.13. The zero-order valence-electron chi connectivity index (χ0n) is 14.1. The lowest BCUT2D eigenvalue weighted by molar-refractivity contribution is 0.100. The number of carbonyl (C=O) groups is 1. The van der Waals surface area contributed by atoms with Crippen LogP contribution in [0, 0.1) is 22.7 Å². The Morgan fingerprint density at radius 1 is 1.04 bits per heavy atom. The van der Waals surface area contributed by atoms with Gasteiger partial charge in [0.25, 0.3) is 5.91 Å². The van der Waals surface area contributed by atoms with E-state index < -0.39 is 5.91 Å². The molecule has 126 valence electrons. The van der Waals surface area contributed by atoms with E-state index in [2.05, 4.69) is 12.1 Å². The largest absolute Gasteiger partial charge is 0.365 e. The number of nitriles is 2. The maximum atomic E-state index is 11.9. The van der Waals surface area contributed by atoms with E-state index in [4.69, 9.17) is 5.73 Å². The minimum Gasteiger partial charge on any atom is -0.365 e. The number of benzene rings is 2. The van der Waals surface area contributed by atoms with Crippen LogP contribution in [0.1, 0.15) is 32.6 Å². The third-order valence-electron chi connectivity index (χ3n) is 4.17. The van der Waals surface area contributed by atoms with Crippen LogP contribution >= 0.6 is 11.3 Å². The minimum absolute atomic E-state index is 0.406. The van der Waals surface area contributed by atoms with Crippen LogP contribution < -0.4 is 5.73 Å². The summed E-state index contributed by atoms with van der Waals surface area (Å²) in [6.07, 6.45) is 0.668. The smallest absolute Gasteiger partial charge is 0.259 e. The molecule has 0 unspecified atom stereocenters. The van der Waals surface area contributed by atoms with Crippen molar-refractivity contribution in [1.82, 2.24) is 0 Å². The summed E-state index contributed by atoms with van der Waals surface area (Å²) in [4.78, 5) is 13.1. The fourth-order valence-corrected chi connectivity index (χ4v) is 4.01. The van der Waals surface area contributed by atoms with Gasteiger partial charge in [0, 0.05) is 10.4 Å². The molecule has 0 bridgehead atoms. The topological polar surface area (TPSA) is 90.7 Å². The third-order valence-corrected chi connectivity index (χ3v) is 5.52. The van der Waals surface area contributed by atoms with Crippen molar-refractivity contribution in [1.29, 1.82) is 10.5 Å². The van der Waals surface area contributed by atoms with E-state index in [9.17, 15) is 15.3 Å². The fourth-order valence-electron chi connectivity index (χ4n) is 2.94. The molecule has 5 heteroatoms. The highest BCUT2D eigenvalue weighted by Gasteiger charge is 2.22. The maximum absolute atomic E-state index is 11.9. The van der Waals surface area contributed by atoms with Crippen molar-refractivity contribution in [3.8, 4) is 34.4 Å². The van der Waals surface area contributed by atoms with Gasteiger partial charge >= 0.3 is 0 Å². The van der Waals surface area contributed by atoms with Crippen LogP contribution in [0.4, 0.5) is 0 Å². The second kappa shape index (κ2) is 7.23. The van der Waals surface area contributed by atoms with Crippen LogP contribution in [0.2, 0.25) is 0 Å². The molecule has 1 heterocycles. The molecule has 0 aliphatic rings. The van der Waals surface area contributed by atoms with E-state index in [1.807, 2.05) is 49.4 Å². The first-order valence-electron chi connectivity index (χ1n) is 8.06. The van der Waals surface area contributed by atoms with Crippen molar-refractivity contribution in [3.63, 3.8) is 0 Å². The first-order valence-corrected chi connectivity index (χ1v) is 8.87. The molecule has 4 nitrogen and oxygen atoms in total. The minimum atomic E-state index is -0.528. The Morgan fingerprint density at radius 2 is 1.69 bits per heavy atom. The molecule has 0 aliphatic carbocycles. The number of hydrogen-bond donors (Lipinski definition) is 1. The van der Waals surface area contributed by atoms with Gasteiger partial charge in [0.05, 0.1) is 17.2 Å². The number of thiophene rings is 1. The molecule has 0 spiro atoms. The number of carbonyl (C=O) groups excluding carboxylic acids is 1. The fraction of sp³-hybridized carbons (Fsp3) is 0.0952. The summed E-state index contributed by atoms with van der Waals surface area (Å²) >= 11 is 1.28. The second-order valence-corrected chi connectivity index (χ2v) is 6.77. The third kappa shape index (κ3) is 2.97. The summed E-state index contributed by atoms with van der Waals surface area (Å²) in [5.41, 5.74) is 9.75. The van der Waals surface area contributed by atoms with Gasteiger partial charge in [-0.3, -0.25) is 4.79 Å². The first-order chi connectivity index (χ1) is 12.6. The summed E-state index contributed by atoms with van der Waals surface area (Å²) in [7, 11) is 0. The molecule has 0 atom stereocenters. The molecule has 0 radical (unpaired) electrons. The molecule has 0 saturated heterocycles. The number of rotatable bonds is 4. The van der Waals surface area contributed by atoms with Crippen molar-refractivity contribution < 1.29 is 4.79 Å². The van der Waals surface area contributed by atoms with Gasteiger partial charge < -0.3 is 5.73 Å². The molecular formula is C21H15N3OS. The number of nitrogens with zero attached hydrogens (tertiary/aromatic N) is 2. The second-order valence-electron chi connectivity index (χ2n) is 5.67. The van der Waals surface area contributed by atoms with Crippen LogP contribution in [0.5, 0.6) is 0 Å². The predicted molar refractivity (Wildman–Crippen MR) is 103 cm³/mol. The van der Waals surface area contributed by atoms with Gasteiger partial charge in [0.1, 0.15) is 10.9 Å². The quantitative estimate of drug-likeness (QED) is 0.746. The van der Waals surface area contributed by atoms with Gasteiger partial charge in [-0.25, -0.2) is 0 Å². The SMILES string of the molecule is CCc1sc(C(N)=O)c(-c2ccc(-c3ccccc3C#N)cc2)c1C#N. The average molecular weight is 357 g/mol. The molecule has 26 heavy (non-hydrogen) atoms. The average Bonchev–Trinajstić information content (AvgIpc) is 3.07. The maximum Gasteiger partial charge on any atom is 0.259 e. The molecule has 0 fully saturated rings. The van der Waals surface area contributed by atoms with E-state index in [0.29, 0.717) is 28.0 Å². The van der Waals surface area contributed by atoms with E-state index in [1.54, 1.807) is 6.07 Å². The van der Waals surface area contributed by atoms with Crippen LogP contribution in [0.15, 0.2) is 48.5 Å². The Morgan fingerprint density at radius 3 is 2.27 bits per heavy atom. The Bertz CT molecular complexity index is 1070. The molecule has 3 rings (SSSR count). The van der Waals surface area contributed by atoms with Gasteiger partial charge in [-0.05, 0) is 29.2 Å². The van der Waals surface area contributed by atoms with Crippen LogP contribution in [0.3, 0.4) is 0 Å². The number of aryl methyl sites for hydroxylation is 1. The Hall–Kier alpha value is -3.41. The van der Waals surface area contributed by atoms with Gasteiger partial charge in [-0.1, -0.05) is 49.4 Å². The lowest BCUT2D eigenvalue weighted by Gasteiger charge is -2.07. The van der Waals surface area contributed by atoms with Crippen molar-refractivity contribution in [2.45, 2.75) is 13.3 Å². The highest BCUT2D eigenvalue weighted by molar-refractivity contribution is 7.14. The number of primary amides is 1. The number of hydrogen-bond acceptors (Lipinski definition) is 4. The predicted octanol–water partition coefficient (Wildman–Crippen LogP) is 4.49. The normalized spacial score (nSPS) is 10.1. The van der Waals surface area contributed by atoms with Crippen LogP contribution in [-0.4, -0.2) is 5.91 Å². The van der Waals surface area contributed by atoms with Crippen molar-refractivity contribution >= 4 is 17.2 Å². The monoisotopic (exact) mass is 357 g/mol. The summed E-state index contributed by atoms with van der Waals surface area (Å²) < 4.78 is 0. The van der Waals surface area contributed by atoms with Crippen molar-refractivity contribution in [2.75, 3.05) is 0 Å². The molecule has 1 amide bonds. The molecule has 3 aromatic rings. The lowest BCUT2D eigenvalue weighted by atomic mass is 9.95. The summed E-state index contributed by atoms with van der Waals surface area (Å²) in [5, 5.41) is 18.8. The van der Waals surface area contributed by atoms with Gasteiger partial charge in [0.15, 0.2) is 0 Å². The van der Waals surface area contributed by atoms with Gasteiger partial charge in [0.2, 0.25) is 0 Å². The molecule has 1 aromatic heterocycles. The van der Waals surface area contributed by atoms with E-state index in [-0.39, 0.29) is 0 Å². The first kappa shape index (κ1) is 17.4. The molecule has 0 saturated carbocycles. The Labute approximate surface area is 155 Å². The summed E-state index contributed by atoms with van der Waals surface area (Å²) in [6.45, 7) is 1.95. The molecule has 2 aromatic carbocycles. The summed E-state index contributed by atoms with van der Waals surface area (Å²) in [5.74, 6) is -0.528. The van der Waals surface area contributed by atoms with E-state index >= 15 is 0 Å². The standard InChI is InChI=1S/C21H15N3OS/c1-2-18-17(12-23)19(20(26-18)21(24)25)14-9-7-13(8-10-14)16-6-4-3-5-15(16)11-22/h3-10H,2H2,1H3,(H2,24,25). The van der Waals surface area contributed by atoms with E-state index in [0.717, 1.165) is 21.6 Å². The van der Waals surface area contributed by atoms with Crippen LogP contribution in [-0.2, 0) is 6.42 Å². The zero-order chi connectivity index (χ0) is 18.7. The summed E-state index contributed by atoms with van der Waals surface area (Å²) in [6, 6.07) is 19.3. The van der Waals surface area contributed by atoms with Gasteiger partial charge in [-0.15, -0.1) is 11.3 Å². The van der Waals surface area contributed by atoms with Crippen molar-refractivity contribution in [2.24, 2.45) is 5.73 Å². The van der Waals surface area contributed by atoms with Gasteiger partial charge in [-0.2, -0.15) is 10.5 Å². The van der Waals surface area contributed by atoms with Crippen LogP contribution in [0.25, 0.3) is 22.3 Å². The molecular weight excluding hydrogens is 342 g/mol. The highest BCUT2D eigenvalue weighted by atomic mass is 32.1. The zero-order valence-corrected chi connectivity index (χ0v) is 14.9.